The topological polar surface area (TPSA) is 76.1 Å². The summed E-state index contributed by atoms with van der Waals surface area (Å²) in [6.45, 7) is 5.76. The van der Waals surface area contributed by atoms with Gasteiger partial charge in [-0.25, -0.2) is 9.97 Å². The van der Waals surface area contributed by atoms with Crippen molar-refractivity contribution >= 4 is 34.8 Å². The summed E-state index contributed by atoms with van der Waals surface area (Å²) in [6, 6.07) is 16.0. The molecule has 144 valence electrons. The molecule has 0 fully saturated rings. The van der Waals surface area contributed by atoms with Crippen LogP contribution in [0.25, 0.3) is 0 Å². The lowest BCUT2D eigenvalue weighted by Crippen LogP contribution is -2.15. The highest BCUT2D eigenvalue weighted by Gasteiger charge is 2.12. The Balaban J connectivity index is 1.74. The minimum absolute atomic E-state index is 0.111. The van der Waals surface area contributed by atoms with Gasteiger partial charge >= 0.3 is 0 Å². The highest BCUT2D eigenvalue weighted by Crippen LogP contribution is 2.20. The summed E-state index contributed by atoms with van der Waals surface area (Å²) < 4.78 is 5.63. The summed E-state index contributed by atoms with van der Waals surface area (Å²) in [5, 5.41) is 6.44. The molecule has 0 aliphatic carbocycles. The maximum Gasteiger partial charge on any atom is 0.274 e. The summed E-state index contributed by atoms with van der Waals surface area (Å²) in [5.74, 6) is 0.789. The van der Waals surface area contributed by atoms with Crippen LogP contribution in [-0.2, 0) is 0 Å². The van der Waals surface area contributed by atoms with E-state index in [1.54, 1.807) is 30.3 Å². The van der Waals surface area contributed by atoms with E-state index in [4.69, 9.17) is 16.3 Å². The van der Waals surface area contributed by atoms with E-state index < -0.39 is 0 Å². The van der Waals surface area contributed by atoms with Gasteiger partial charge in [-0.2, -0.15) is 0 Å². The minimum atomic E-state index is -0.337. The first-order valence-corrected chi connectivity index (χ1v) is 9.23. The van der Waals surface area contributed by atoms with E-state index in [0.717, 1.165) is 11.4 Å². The molecule has 2 aromatic carbocycles. The standard InChI is InChI=1S/C21H21ClN4O2/c1-13(2)28-18-9-7-16(8-10-18)25-21-23-14(3)11-19(26-21)20(27)24-17-6-4-5-15(22)12-17/h4-13H,1-3H3,(H,24,27)(H,23,25,26). The Labute approximate surface area is 168 Å². The van der Waals surface area contributed by atoms with Crippen LogP contribution in [0.2, 0.25) is 5.02 Å². The third kappa shape index (κ3) is 5.44. The Morgan fingerprint density at radius 2 is 1.79 bits per heavy atom. The zero-order chi connectivity index (χ0) is 20.1. The average Bonchev–Trinajstić information content (AvgIpc) is 2.62. The normalized spacial score (nSPS) is 10.6. The SMILES string of the molecule is Cc1cc(C(=O)Nc2cccc(Cl)c2)nc(Nc2ccc(OC(C)C)cc2)n1. The monoisotopic (exact) mass is 396 g/mol. The minimum Gasteiger partial charge on any atom is -0.491 e. The number of aryl methyl sites for hydroxylation is 1. The third-order valence-electron chi connectivity index (χ3n) is 3.65. The largest absolute Gasteiger partial charge is 0.491 e. The highest BCUT2D eigenvalue weighted by molar-refractivity contribution is 6.30. The fourth-order valence-corrected chi connectivity index (χ4v) is 2.71. The number of halogens is 1. The van der Waals surface area contributed by atoms with Gasteiger partial charge in [0.25, 0.3) is 5.91 Å². The lowest BCUT2D eigenvalue weighted by atomic mass is 10.2. The van der Waals surface area contributed by atoms with Gasteiger partial charge < -0.3 is 15.4 Å². The molecule has 6 nitrogen and oxygen atoms in total. The zero-order valence-corrected chi connectivity index (χ0v) is 16.6. The van der Waals surface area contributed by atoms with Crippen molar-refractivity contribution in [3.8, 4) is 5.75 Å². The van der Waals surface area contributed by atoms with Gasteiger partial charge in [0.15, 0.2) is 0 Å². The molecule has 0 unspecified atom stereocenters. The number of carbonyl (C=O) groups is 1. The maximum atomic E-state index is 12.5. The van der Waals surface area contributed by atoms with Gasteiger partial charge in [-0.15, -0.1) is 0 Å². The number of nitrogens with zero attached hydrogens (tertiary/aromatic N) is 2. The van der Waals surface area contributed by atoms with E-state index in [1.165, 1.54) is 0 Å². The Morgan fingerprint density at radius 1 is 1.04 bits per heavy atom. The molecule has 0 spiro atoms. The average molecular weight is 397 g/mol. The molecule has 0 bridgehead atoms. The van der Waals surface area contributed by atoms with Gasteiger partial charge in [0.1, 0.15) is 11.4 Å². The summed E-state index contributed by atoms with van der Waals surface area (Å²) >= 11 is 5.96. The second kappa shape index (κ2) is 8.71. The molecule has 7 heteroatoms. The van der Waals surface area contributed by atoms with Crippen molar-refractivity contribution in [2.24, 2.45) is 0 Å². The molecule has 0 atom stereocenters. The Morgan fingerprint density at radius 3 is 2.46 bits per heavy atom. The van der Waals surface area contributed by atoms with E-state index in [2.05, 4.69) is 20.6 Å². The van der Waals surface area contributed by atoms with Crippen molar-refractivity contribution in [2.45, 2.75) is 26.9 Å². The molecule has 2 N–H and O–H groups in total. The van der Waals surface area contributed by atoms with E-state index >= 15 is 0 Å². The summed E-state index contributed by atoms with van der Waals surface area (Å²) in [4.78, 5) is 21.2. The highest BCUT2D eigenvalue weighted by atomic mass is 35.5. The van der Waals surface area contributed by atoms with Crippen LogP contribution in [0, 0.1) is 6.92 Å². The second-order valence-corrected chi connectivity index (χ2v) is 6.94. The predicted molar refractivity (Wildman–Crippen MR) is 112 cm³/mol. The van der Waals surface area contributed by atoms with Crippen LogP contribution in [0.1, 0.15) is 30.0 Å². The van der Waals surface area contributed by atoms with Crippen molar-refractivity contribution in [3.05, 3.63) is 71.0 Å². The molecule has 1 heterocycles. The molecule has 1 amide bonds. The molecule has 1 aromatic heterocycles. The predicted octanol–water partition coefficient (Wildman–Crippen LogP) is 5.22. The van der Waals surface area contributed by atoms with E-state index in [1.807, 2.05) is 45.0 Å². The number of hydrogen-bond acceptors (Lipinski definition) is 5. The summed E-state index contributed by atoms with van der Waals surface area (Å²) in [5.41, 5.74) is 2.33. The van der Waals surface area contributed by atoms with Crippen LogP contribution >= 0.6 is 11.6 Å². The first-order valence-electron chi connectivity index (χ1n) is 8.85. The van der Waals surface area contributed by atoms with Crippen LogP contribution in [-0.4, -0.2) is 22.0 Å². The van der Waals surface area contributed by atoms with Gasteiger partial charge in [-0.3, -0.25) is 4.79 Å². The van der Waals surface area contributed by atoms with Crippen LogP contribution in [0.15, 0.2) is 54.6 Å². The van der Waals surface area contributed by atoms with Crippen molar-refractivity contribution in [2.75, 3.05) is 10.6 Å². The number of hydrogen-bond donors (Lipinski definition) is 2. The van der Waals surface area contributed by atoms with Crippen LogP contribution in [0.4, 0.5) is 17.3 Å². The van der Waals surface area contributed by atoms with Crippen LogP contribution < -0.4 is 15.4 Å². The van der Waals surface area contributed by atoms with E-state index in [0.29, 0.717) is 22.4 Å². The quantitative estimate of drug-likeness (QED) is 0.597. The smallest absolute Gasteiger partial charge is 0.274 e. The van der Waals surface area contributed by atoms with Gasteiger partial charge in [0.2, 0.25) is 5.95 Å². The van der Waals surface area contributed by atoms with Gasteiger partial charge in [0, 0.05) is 22.1 Å². The Bertz CT molecular complexity index is 974. The van der Waals surface area contributed by atoms with Gasteiger partial charge in [0.05, 0.1) is 6.10 Å². The summed E-state index contributed by atoms with van der Waals surface area (Å²) in [6.07, 6.45) is 0.111. The fourth-order valence-electron chi connectivity index (χ4n) is 2.52. The molecule has 3 aromatic rings. The lowest BCUT2D eigenvalue weighted by Gasteiger charge is -2.11. The number of anilines is 3. The van der Waals surface area contributed by atoms with Crippen molar-refractivity contribution < 1.29 is 9.53 Å². The van der Waals surface area contributed by atoms with Crippen LogP contribution in [0.3, 0.4) is 0 Å². The van der Waals surface area contributed by atoms with E-state index in [-0.39, 0.29) is 17.7 Å². The second-order valence-electron chi connectivity index (χ2n) is 6.50. The molecule has 0 radical (unpaired) electrons. The van der Waals surface area contributed by atoms with Crippen LogP contribution in [0.5, 0.6) is 5.75 Å². The number of carbonyl (C=O) groups excluding carboxylic acids is 1. The molecule has 0 saturated heterocycles. The number of rotatable bonds is 6. The number of ether oxygens (including phenoxy) is 1. The van der Waals surface area contributed by atoms with Crippen molar-refractivity contribution in [1.29, 1.82) is 0 Å². The zero-order valence-electron chi connectivity index (χ0n) is 15.9. The van der Waals surface area contributed by atoms with Gasteiger partial charge in [-0.1, -0.05) is 17.7 Å². The number of benzene rings is 2. The molecular weight excluding hydrogens is 376 g/mol. The van der Waals surface area contributed by atoms with Crippen molar-refractivity contribution in [1.82, 2.24) is 9.97 Å². The Kier molecular flexibility index (Phi) is 6.11. The molecule has 3 rings (SSSR count). The first-order chi connectivity index (χ1) is 13.4. The molecule has 0 saturated carbocycles. The lowest BCUT2D eigenvalue weighted by molar-refractivity contribution is 0.102. The fraction of sp³-hybridized carbons (Fsp3) is 0.190. The van der Waals surface area contributed by atoms with Crippen molar-refractivity contribution in [3.63, 3.8) is 0 Å². The third-order valence-corrected chi connectivity index (χ3v) is 3.89. The molecule has 0 aliphatic rings. The number of nitrogens with one attached hydrogen (secondary N) is 2. The summed E-state index contributed by atoms with van der Waals surface area (Å²) in [7, 11) is 0. The first kappa shape index (κ1) is 19.6. The van der Waals surface area contributed by atoms with E-state index in [9.17, 15) is 4.79 Å². The molecule has 28 heavy (non-hydrogen) atoms. The molecule has 0 aliphatic heterocycles. The number of aromatic nitrogens is 2. The maximum absolute atomic E-state index is 12.5. The number of amides is 1. The van der Waals surface area contributed by atoms with Gasteiger partial charge in [-0.05, 0) is 69.3 Å². The Hall–Kier alpha value is -3.12. The molecular formula is C21H21ClN4O2.